The number of carbonyl (C=O) groups is 1. The second-order valence-electron chi connectivity index (χ2n) is 2.62. The average Bonchev–Trinajstić information content (AvgIpc) is 2.29. The van der Waals surface area contributed by atoms with Gasteiger partial charge >= 0.3 is 6.18 Å². The van der Waals surface area contributed by atoms with Crippen LogP contribution in [-0.2, 0) is 7.05 Å². The minimum Gasteiger partial charge on any atom is -0.282 e. The van der Waals surface area contributed by atoms with Gasteiger partial charge in [0.1, 0.15) is 5.69 Å². The first-order valence-electron chi connectivity index (χ1n) is 3.44. The fourth-order valence-corrected chi connectivity index (χ4v) is 0.817. The van der Waals surface area contributed by atoms with Crippen molar-refractivity contribution in [3.05, 3.63) is 17.5 Å². The van der Waals surface area contributed by atoms with Gasteiger partial charge in [-0.05, 0) is 13.0 Å². The zero-order valence-electron chi connectivity index (χ0n) is 7.01. The molecule has 0 fully saturated rings. The Balaban J connectivity index is 3.03. The third-order valence-electron chi connectivity index (χ3n) is 1.60. The average molecular weight is 192 g/mol. The maximum Gasteiger partial charge on any atom is 0.456 e. The van der Waals surface area contributed by atoms with E-state index in [4.69, 9.17) is 0 Å². The van der Waals surface area contributed by atoms with Crippen molar-refractivity contribution in [2.75, 3.05) is 0 Å². The maximum atomic E-state index is 11.9. The number of Topliss-reactive ketones (excluding diaryl/α,β-unsaturated/α-hetero) is 1. The van der Waals surface area contributed by atoms with Crippen molar-refractivity contribution >= 4 is 5.78 Å². The van der Waals surface area contributed by atoms with Crippen molar-refractivity contribution in [1.29, 1.82) is 0 Å². The van der Waals surface area contributed by atoms with Crippen LogP contribution < -0.4 is 0 Å². The predicted octanol–water partition coefficient (Wildman–Crippen LogP) is 1.47. The van der Waals surface area contributed by atoms with E-state index < -0.39 is 17.7 Å². The second kappa shape index (κ2) is 2.86. The van der Waals surface area contributed by atoms with E-state index in [0.717, 1.165) is 6.07 Å². The highest BCUT2D eigenvalue weighted by Gasteiger charge is 2.40. The number of ketones is 1. The minimum atomic E-state index is -4.85. The Hall–Kier alpha value is -1.33. The van der Waals surface area contributed by atoms with Gasteiger partial charge in [-0.15, -0.1) is 0 Å². The SMILES string of the molecule is Cc1cc(C(=O)C(F)(F)F)nn1C. The van der Waals surface area contributed by atoms with Gasteiger partial charge in [0, 0.05) is 12.7 Å². The zero-order valence-corrected chi connectivity index (χ0v) is 7.01. The number of hydrogen-bond donors (Lipinski definition) is 0. The number of halogens is 3. The third-order valence-corrected chi connectivity index (χ3v) is 1.60. The van der Waals surface area contributed by atoms with E-state index in [1.54, 1.807) is 6.92 Å². The molecule has 0 aromatic carbocycles. The van der Waals surface area contributed by atoms with Crippen molar-refractivity contribution in [3.8, 4) is 0 Å². The molecule has 1 heterocycles. The first kappa shape index (κ1) is 9.76. The van der Waals surface area contributed by atoms with Gasteiger partial charge in [0.25, 0.3) is 5.78 Å². The summed E-state index contributed by atoms with van der Waals surface area (Å²) in [4.78, 5) is 10.6. The molecule has 13 heavy (non-hydrogen) atoms. The number of rotatable bonds is 1. The van der Waals surface area contributed by atoms with Crippen LogP contribution in [0, 0.1) is 6.92 Å². The molecule has 1 rings (SSSR count). The van der Waals surface area contributed by atoms with Crippen molar-refractivity contribution in [2.45, 2.75) is 13.1 Å². The van der Waals surface area contributed by atoms with Crippen molar-refractivity contribution in [3.63, 3.8) is 0 Å². The van der Waals surface area contributed by atoms with Crippen LogP contribution in [0.25, 0.3) is 0 Å². The van der Waals surface area contributed by atoms with Crippen LogP contribution in [0.4, 0.5) is 13.2 Å². The summed E-state index contributed by atoms with van der Waals surface area (Å²) in [6.07, 6.45) is -4.85. The fourth-order valence-electron chi connectivity index (χ4n) is 0.817. The predicted molar refractivity (Wildman–Crippen MR) is 38.3 cm³/mol. The molecule has 0 aliphatic heterocycles. The molecule has 0 unspecified atom stereocenters. The standard InChI is InChI=1S/C7H7F3N2O/c1-4-3-5(11-12(4)2)6(13)7(8,9)10/h3H,1-2H3. The van der Waals surface area contributed by atoms with Gasteiger partial charge in [-0.3, -0.25) is 9.48 Å². The topological polar surface area (TPSA) is 34.9 Å². The molecular formula is C7H7F3N2O. The molecule has 72 valence electrons. The molecule has 1 aromatic heterocycles. The van der Waals surface area contributed by atoms with E-state index >= 15 is 0 Å². The van der Waals surface area contributed by atoms with Crippen molar-refractivity contribution in [2.24, 2.45) is 7.05 Å². The molecule has 0 atom stereocenters. The highest BCUT2D eigenvalue weighted by molar-refractivity contribution is 5.98. The minimum absolute atomic E-state index is 0.507. The molecule has 3 nitrogen and oxygen atoms in total. The number of nitrogens with zero attached hydrogens (tertiary/aromatic N) is 2. The summed E-state index contributed by atoms with van der Waals surface area (Å²) < 4.78 is 36.9. The molecule has 0 spiro atoms. The van der Waals surface area contributed by atoms with Gasteiger partial charge in [0.15, 0.2) is 0 Å². The van der Waals surface area contributed by atoms with Gasteiger partial charge in [-0.2, -0.15) is 18.3 Å². The summed E-state index contributed by atoms with van der Waals surface area (Å²) in [6, 6.07) is 1.11. The monoisotopic (exact) mass is 192 g/mol. The lowest BCUT2D eigenvalue weighted by Gasteiger charge is -2.00. The molecule has 0 radical (unpaired) electrons. The maximum absolute atomic E-state index is 11.9. The Morgan fingerprint density at radius 1 is 1.54 bits per heavy atom. The Labute approximate surface area is 72.2 Å². The van der Waals surface area contributed by atoms with Gasteiger partial charge in [0.05, 0.1) is 0 Å². The molecule has 0 aliphatic rings. The van der Waals surface area contributed by atoms with E-state index in [1.165, 1.54) is 11.7 Å². The summed E-state index contributed by atoms with van der Waals surface area (Å²) in [7, 11) is 1.47. The molecule has 0 saturated carbocycles. The van der Waals surface area contributed by atoms with Crippen molar-refractivity contribution < 1.29 is 18.0 Å². The van der Waals surface area contributed by atoms with E-state index in [9.17, 15) is 18.0 Å². The lowest BCUT2D eigenvalue weighted by molar-refractivity contribution is -0.0888. The molecule has 0 amide bonds. The number of carbonyl (C=O) groups excluding carboxylic acids is 1. The lowest BCUT2D eigenvalue weighted by atomic mass is 10.2. The van der Waals surface area contributed by atoms with E-state index in [0.29, 0.717) is 5.69 Å². The lowest BCUT2D eigenvalue weighted by Crippen LogP contribution is -2.23. The van der Waals surface area contributed by atoms with Gasteiger partial charge < -0.3 is 0 Å². The Bertz CT molecular complexity index is 320. The third kappa shape index (κ3) is 1.88. The summed E-state index contributed by atoms with van der Waals surface area (Å²) in [5, 5.41) is 3.42. The van der Waals surface area contributed by atoms with Crippen LogP contribution in [0.5, 0.6) is 0 Å². The summed E-state index contributed by atoms with van der Waals surface area (Å²) in [5.41, 5.74) is -0.0555. The van der Waals surface area contributed by atoms with Gasteiger partial charge in [-0.1, -0.05) is 0 Å². The van der Waals surface area contributed by atoms with Crippen molar-refractivity contribution in [1.82, 2.24) is 9.78 Å². The first-order valence-corrected chi connectivity index (χ1v) is 3.44. The number of alkyl halides is 3. The fraction of sp³-hybridized carbons (Fsp3) is 0.429. The Morgan fingerprint density at radius 3 is 2.38 bits per heavy atom. The normalized spacial score (nSPS) is 11.8. The molecule has 1 aromatic rings. The smallest absolute Gasteiger partial charge is 0.282 e. The quantitative estimate of drug-likeness (QED) is 0.631. The van der Waals surface area contributed by atoms with Crippen LogP contribution in [0.3, 0.4) is 0 Å². The molecule has 0 bridgehead atoms. The van der Waals surface area contributed by atoms with Crippen LogP contribution in [0.1, 0.15) is 16.2 Å². The molecule has 0 N–H and O–H groups in total. The Morgan fingerprint density at radius 2 is 2.08 bits per heavy atom. The van der Waals surface area contributed by atoms with Crippen LogP contribution in [0.2, 0.25) is 0 Å². The summed E-state index contributed by atoms with van der Waals surface area (Å²) in [5.74, 6) is -1.91. The van der Waals surface area contributed by atoms with E-state index in [1.807, 2.05) is 0 Å². The second-order valence-corrected chi connectivity index (χ2v) is 2.62. The number of hydrogen-bond acceptors (Lipinski definition) is 2. The first-order chi connectivity index (χ1) is 5.82. The molecule has 6 heteroatoms. The summed E-state index contributed by atoms with van der Waals surface area (Å²) in [6.45, 7) is 1.57. The van der Waals surface area contributed by atoms with Gasteiger partial charge in [0.2, 0.25) is 0 Å². The highest BCUT2D eigenvalue weighted by atomic mass is 19.4. The van der Waals surface area contributed by atoms with Crippen LogP contribution >= 0.6 is 0 Å². The van der Waals surface area contributed by atoms with Gasteiger partial charge in [-0.25, -0.2) is 0 Å². The summed E-state index contributed by atoms with van der Waals surface area (Å²) >= 11 is 0. The molecule has 0 aliphatic carbocycles. The Kier molecular flexibility index (Phi) is 2.15. The van der Waals surface area contributed by atoms with E-state index in [-0.39, 0.29) is 0 Å². The molecule has 0 saturated heterocycles. The van der Waals surface area contributed by atoms with Crippen LogP contribution in [0.15, 0.2) is 6.07 Å². The number of aryl methyl sites for hydroxylation is 2. The zero-order chi connectivity index (χ0) is 10.2. The molecular weight excluding hydrogens is 185 g/mol. The largest absolute Gasteiger partial charge is 0.456 e. The highest BCUT2D eigenvalue weighted by Crippen LogP contribution is 2.20. The van der Waals surface area contributed by atoms with E-state index in [2.05, 4.69) is 5.10 Å². The number of aromatic nitrogens is 2. The van der Waals surface area contributed by atoms with Crippen LogP contribution in [-0.4, -0.2) is 21.7 Å².